The van der Waals surface area contributed by atoms with Crippen LogP contribution >= 0.6 is 0 Å². The fourth-order valence-corrected chi connectivity index (χ4v) is 3.69. The number of carbonyl (C=O) groups is 1. The fourth-order valence-electron chi connectivity index (χ4n) is 3.69. The predicted molar refractivity (Wildman–Crippen MR) is 123 cm³/mol. The number of aliphatic carboxylic acids is 1. The van der Waals surface area contributed by atoms with Gasteiger partial charge in [0.15, 0.2) is 17.3 Å². The van der Waals surface area contributed by atoms with Gasteiger partial charge in [-0.2, -0.15) is 18.3 Å². The Balaban J connectivity index is 1.64. The van der Waals surface area contributed by atoms with Crippen LogP contribution in [0, 0.1) is 0 Å². The van der Waals surface area contributed by atoms with E-state index in [9.17, 15) is 18.0 Å². The van der Waals surface area contributed by atoms with Crippen LogP contribution in [-0.2, 0) is 23.8 Å². The Morgan fingerprint density at radius 2 is 1.91 bits per heavy atom. The van der Waals surface area contributed by atoms with Crippen molar-refractivity contribution >= 4 is 5.97 Å². The van der Waals surface area contributed by atoms with Crippen molar-refractivity contribution in [3.05, 3.63) is 65.1 Å². The van der Waals surface area contributed by atoms with Crippen molar-refractivity contribution < 1.29 is 32.5 Å². The predicted octanol–water partition coefficient (Wildman–Crippen LogP) is 5.45. The van der Waals surface area contributed by atoms with Crippen molar-refractivity contribution in [3.63, 3.8) is 0 Å². The molecule has 1 aromatic carbocycles. The van der Waals surface area contributed by atoms with E-state index in [0.29, 0.717) is 42.3 Å². The minimum Gasteiger partial charge on any atom is -0.493 e. The van der Waals surface area contributed by atoms with Crippen molar-refractivity contribution in [1.29, 1.82) is 0 Å². The van der Waals surface area contributed by atoms with Crippen LogP contribution in [0.3, 0.4) is 0 Å². The molecule has 3 rings (SSSR count). The molecule has 0 spiro atoms. The first-order valence-corrected chi connectivity index (χ1v) is 11.2. The SMILES string of the molecule is COc1cccc(CC(=O)O)c1OCCCCc1cn(-c2ccc(C(F)(F)F)cn2)nc1C(C)C. The molecule has 0 aliphatic carbocycles. The van der Waals surface area contributed by atoms with Crippen LogP contribution in [0.5, 0.6) is 11.5 Å². The largest absolute Gasteiger partial charge is 0.493 e. The zero-order valence-corrected chi connectivity index (χ0v) is 19.8. The van der Waals surface area contributed by atoms with Gasteiger partial charge in [-0.15, -0.1) is 0 Å². The summed E-state index contributed by atoms with van der Waals surface area (Å²) in [6.07, 6.45) is 0.175. The zero-order valence-electron chi connectivity index (χ0n) is 19.8. The highest BCUT2D eigenvalue weighted by molar-refractivity contribution is 5.72. The van der Waals surface area contributed by atoms with Gasteiger partial charge in [-0.3, -0.25) is 4.79 Å². The maximum Gasteiger partial charge on any atom is 0.417 e. The number of halogens is 3. The maximum atomic E-state index is 12.8. The number of rotatable bonds is 11. The second kappa shape index (κ2) is 11.2. The third-order valence-corrected chi connectivity index (χ3v) is 5.39. The third-order valence-electron chi connectivity index (χ3n) is 5.39. The van der Waals surface area contributed by atoms with Crippen molar-refractivity contribution in [2.24, 2.45) is 0 Å². The summed E-state index contributed by atoms with van der Waals surface area (Å²) in [6.45, 7) is 4.38. The number of aromatic nitrogens is 3. The number of pyridine rings is 1. The molecule has 0 saturated heterocycles. The topological polar surface area (TPSA) is 86.5 Å². The van der Waals surface area contributed by atoms with Gasteiger partial charge < -0.3 is 14.6 Å². The summed E-state index contributed by atoms with van der Waals surface area (Å²) in [5, 5.41) is 13.7. The molecular formula is C25H28F3N3O4. The molecule has 35 heavy (non-hydrogen) atoms. The normalized spacial score (nSPS) is 11.6. The highest BCUT2D eigenvalue weighted by Gasteiger charge is 2.30. The highest BCUT2D eigenvalue weighted by Crippen LogP contribution is 2.32. The molecule has 2 aromatic heterocycles. The minimum atomic E-state index is -4.44. The van der Waals surface area contributed by atoms with Crippen LogP contribution < -0.4 is 9.47 Å². The van der Waals surface area contributed by atoms with E-state index in [1.54, 1.807) is 24.4 Å². The molecule has 0 aliphatic heterocycles. The average Bonchev–Trinajstić information content (AvgIpc) is 3.23. The van der Waals surface area contributed by atoms with Gasteiger partial charge in [-0.25, -0.2) is 9.67 Å². The summed E-state index contributed by atoms with van der Waals surface area (Å²) in [7, 11) is 1.50. The standard InChI is InChI=1S/C25H28F3N3O4/c1-16(2)23-18(15-31(30-23)21-11-10-19(14-29-21)25(26,27)28)7-4-5-12-35-24-17(13-22(32)33)8-6-9-20(24)34-3/h6,8-11,14-16H,4-5,7,12-13H2,1-3H3,(H,32,33). The van der Waals surface area contributed by atoms with E-state index in [2.05, 4.69) is 10.1 Å². The van der Waals surface area contributed by atoms with Crippen LogP contribution in [-0.4, -0.2) is 39.6 Å². The number of carboxylic acids is 1. The number of aryl methyl sites for hydroxylation is 1. The van der Waals surface area contributed by atoms with Crippen LogP contribution in [0.2, 0.25) is 0 Å². The first-order chi connectivity index (χ1) is 16.6. The van der Waals surface area contributed by atoms with E-state index in [4.69, 9.17) is 14.6 Å². The Morgan fingerprint density at radius 1 is 1.14 bits per heavy atom. The van der Waals surface area contributed by atoms with Gasteiger partial charge in [0.25, 0.3) is 0 Å². The number of hydrogen-bond donors (Lipinski definition) is 1. The quantitative estimate of drug-likeness (QED) is 0.359. The summed E-state index contributed by atoms with van der Waals surface area (Å²) in [5.74, 6) is 0.405. The number of methoxy groups -OCH3 is 1. The third kappa shape index (κ3) is 6.74. The van der Waals surface area contributed by atoms with Gasteiger partial charge in [0.1, 0.15) is 0 Å². The van der Waals surface area contributed by atoms with E-state index in [1.807, 2.05) is 13.8 Å². The molecule has 0 aliphatic rings. The number of unbranched alkanes of at least 4 members (excludes halogenated alkanes) is 1. The fraction of sp³-hybridized carbons (Fsp3) is 0.400. The first kappa shape index (κ1) is 26.1. The zero-order chi connectivity index (χ0) is 25.6. The molecular weight excluding hydrogens is 463 g/mol. The molecule has 0 amide bonds. The molecule has 10 heteroatoms. The average molecular weight is 492 g/mol. The Bertz CT molecular complexity index is 1140. The first-order valence-electron chi connectivity index (χ1n) is 11.2. The number of hydrogen-bond acceptors (Lipinski definition) is 5. The summed E-state index contributed by atoms with van der Waals surface area (Å²) in [5.41, 5.74) is 1.59. The van der Waals surface area contributed by atoms with Crippen LogP contribution in [0.1, 0.15) is 55.0 Å². The Kier molecular flexibility index (Phi) is 8.37. The van der Waals surface area contributed by atoms with Crippen LogP contribution in [0.25, 0.3) is 5.82 Å². The molecule has 3 aromatic rings. The minimum absolute atomic E-state index is 0.129. The van der Waals surface area contributed by atoms with Crippen molar-refractivity contribution in [3.8, 4) is 17.3 Å². The van der Waals surface area contributed by atoms with E-state index in [1.165, 1.54) is 17.9 Å². The Morgan fingerprint density at radius 3 is 2.51 bits per heavy atom. The van der Waals surface area contributed by atoms with Gasteiger partial charge in [0.2, 0.25) is 0 Å². The number of alkyl halides is 3. The summed E-state index contributed by atoms with van der Waals surface area (Å²) in [6, 6.07) is 7.44. The molecule has 2 heterocycles. The van der Waals surface area contributed by atoms with Gasteiger partial charge in [0, 0.05) is 18.0 Å². The van der Waals surface area contributed by atoms with Gasteiger partial charge in [-0.05, 0) is 48.9 Å². The molecule has 0 bridgehead atoms. The molecule has 0 fully saturated rings. The molecule has 188 valence electrons. The lowest BCUT2D eigenvalue weighted by Crippen LogP contribution is -2.07. The summed E-state index contributed by atoms with van der Waals surface area (Å²) < 4.78 is 51.2. The number of ether oxygens (including phenoxy) is 2. The second-order valence-electron chi connectivity index (χ2n) is 8.37. The lowest BCUT2D eigenvalue weighted by molar-refractivity contribution is -0.138. The monoisotopic (exact) mass is 491 g/mol. The van der Waals surface area contributed by atoms with Gasteiger partial charge >= 0.3 is 12.1 Å². The summed E-state index contributed by atoms with van der Waals surface area (Å²) >= 11 is 0. The second-order valence-corrected chi connectivity index (χ2v) is 8.37. The van der Waals surface area contributed by atoms with E-state index in [-0.39, 0.29) is 12.3 Å². The number of para-hydroxylation sites is 1. The maximum absolute atomic E-state index is 12.8. The van der Waals surface area contributed by atoms with Crippen molar-refractivity contribution in [1.82, 2.24) is 14.8 Å². The van der Waals surface area contributed by atoms with Gasteiger partial charge in [-0.1, -0.05) is 26.0 Å². The van der Waals surface area contributed by atoms with E-state index >= 15 is 0 Å². The molecule has 0 radical (unpaired) electrons. The Labute approximate surface area is 201 Å². The van der Waals surface area contributed by atoms with E-state index in [0.717, 1.165) is 29.9 Å². The number of carboxylic acid groups (broad SMARTS) is 1. The van der Waals surface area contributed by atoms with Crippen molar-refractivity contribution in [2.75, 3.05) is 13.7 Å². The number of nitrogens with zero attached hydrogens (tertiary/aromatic N) is 3. The highest BCUT2D eigenvalue weighted by atomic mass is 19.4. The molecule has 0 saturated carbocycles. The summed E-state index contributed by atoms with van der Waals surface area (Å²) in [4.78, 5) is 15.1. The van der Waals surface area contributed by atoms with Crippen LogP contribution in [0.15, 0.2) is 42.7 Å². The van der Waals surface area contributed by atoms with E-state index < -0.39 is 17.7 Å². The lowest BCUT2D eigenvalue weighted by Gasteiger charge is -2.14. The van der Waals surface area contributed by atoms with Crippen molar-refractivity contribution in [2.45, 2.75) is 51.6 Å². The lowest BCUT2D eigenvalue weighted by atomic mass is 10.0. The molecule has 0 atom stereocenters. The Hall–Kier alpha value is -3.56. The number of benzene rings is 1. The molecule has 0 unspecified atom stereocenters. The molecule has 1 N–H and O–H groups in total. The smallest absolute Gasteiger partial charge is 0.417 e. The van der Waals surface area contributed by atoms with Crippen LogP contribution in [0.4, 0.5) is 13.2 Å². The molecule has 7 nitrogen and oxygen atoms in total. The van der Waals surface area contributed by atoms with Gasteiger partial charge in [0.05, 0.1) is 31.4 Å².